The Hall–Kier alpha value is -3.69. The maximum Gasteiger partial charge on any atom is 0.285 e. The summed E-state index contributed by atoms with van der Waals surface area (Å²) in [4.78, 5) is 25.7. The van der Waals surface area contributed by atoms with Gasteiger partial charge in [-0.3, -0.25) is 15.0 Å². The van der Waals surface area contributed by atoms with Crippen LogP contribution < -0.4 is 14.9 Å². The van der Waals surface area contributed by atoms with E-state index in [1.807, 2.05) is 12.1 Å². The van der Waals surface area contributed by atoms with E-state index in [0.29, 0.717) is 28.6 Å². The molecule has 34 heavy (non-hydrogen) atoms. The molecule has 0 bridgehead atoms. The smallest absolute Gasteiger partial charge is 0.285 e. The predicted octanol–water partition coefficient (Wildman–Crippen LogP) is 4.96. The van der Waals surface area contributed by atoms with Crippen LogP contribution >= 0.6 is 24.0 Å². The van der Waals surface area contributed by atoms with Crippen LogP contribution in [0.15, 0.2) is 77.7 Å². The molecule has 4 rings (SSSR count). The van der Waals surface area contributed by atoms with E-state index in [9.17, 15) is 14.0 Å². The van der Waals surface area contributed by atoms with Gasteiger partial charge in [-0.25, -0.2) is 4.39 Å². The summed E-state index contributed by atoms with van der Waals surface area (Å²) in [5, 5.41) is 1.07. The molecule has 1 heterocycles. The van der Waals surface area contributed by atoms with E-state index in [1.54, 1.807) is 54.6 Å². The van der Waals surface area contributed by atoms with Crippen LogP contribution in [0.1, 0.15) is 21.5 Å². The van der Waals surface area contributed by atoms with Gasteiger partial charge >= 0.3 is 0 Å². The van der Waals surface area contributed by atoms with Crippen molar-refractivity contribution in [2.45, 2.75) is 6.61 Å². The molecule has 1 aliphatic rings. The number of hydrogen-bond acceptors (Lipinski definition) is 6. The second kappa shape index (κ2) is 10.5. The summed E-state index contributed by atoms with van der Waals surface area (Å²) in [5.74, 6) is 0.105. The average Bonchev–Trinajstić information content (AvgIpc) is 3.11. The highest BCUT2D eigenvalue weighted by atomic mass is 32.2. The second-order valence-electron chi connectivity index (χ2n) is 7.17. The van der Waals surface area contributed by atoms with E-state index in [4.69, 9.17) is 21.7 Å². The Kier molecular flexibility index (Phi) is 7.24. The topological polar surface area (TPSA) is 67.9 Å². The fraction of sp³-hybridized carbons (Fsp3) is 0.0800. The lowest BCUT2D eigenvalue weighted by Gasteiger charge is -2.15. The molecule has 0 atom stereocenters. The van der Waals surface area contributed by atoms with Crippen molar-refractivity contribution in [2.75, 3.05) is 7.11 Å². The van der Waals surface area contributed by atoms with Crippen LogP contribution in [0, 0.1) is 5.82 Å². The molecule has 2 amide bonds. The van der Waals surface area contributed by atoms with Crippen LogP contribution in [-0.4, -0.2) is 28.3 Å². The van der Waals surface area contributed by atoms with Crippen LogP contribution in [0.3, 0.4) is 0 Å². The summed E-state index contributed by atoms with van der Waals surface area (Å²) in [6.45, 7) is 0.312. The van der Waals surface area contributed by atoms with Crippen molar-refractivity contribution in [3.05, 3.63) is 100 Å². The number of hydrogen-bond donors (Lipinski definition) is 1. The van der Waals surface area contributed by atoms with Crippen LogP contribution in [0.5, 0.6) is 11.5 Å². The molecule has 9 heteroatoms. The van der Waals surface area contributed by atoms with Crippen molar-refractivity contribution in [2.24, 2.45) is 0 Å². The van der Waals surface area contributed by atoms with Gasteiger partial charge in [0, 0.05) is 5.56 Å². The number of rotatable bonds is 7. The van der Waals surface area contributed by atoms with Gasteiger partial charge in [-0.1, -0.05) is 36.0 Å². The zero-order valence-electron chi connectivity index (χ0n) is 18.0. The van der Waals surface area contributed by atoms with Crippen LogP contribution in [-0.2, 0) is 11.4 Å². The van der Waals surface area contributed by atoms with Crippen molar-refractivity contribution in [3.63, 3.8) is 0 Å². The normalized spacial score (nSPS) is 14.4. The lowest BCUT2D eigenvalue weighted by atomic mass is 10.2. The van der Waals surface area contributed by atoms with Crippen LogP contribution in [0.25, 0.3) is 6.08 Å². The average molecular weight is 495 g/mol. The van der Waals surface area contributed by atoms with Gasteiger partial charge in [0.2, 0.25) is 0 Å². The van der Waals surface area contributed by atoms with E-state index in [0.717, 1.165) is 27.9 Å². The zero-order valence-corrected chi connectivity index (χ0v) is 19.6. The molecular formula is C25H19FN2O4S2. The summed E-state index contributed by atoms with van der Waals surface area (Å²) in [7, 11) is 1.54. The molecule has 1 aliphatic heterocycles. The number of thioether (sulfide) groups is 1. The van der Waals surface area contributed by atoms with Crippen molar-refractivity contribution in [1.82, 2.24) is 10.4 Å². The quantitative estimate of drug-likeness (QED) is 0.370. The Bertz CT molecular complexity index is 1240. The van der Waals surface area contributed by atoms with Gasteiger partial charge < -0.3 is 9.47 Å². The summed E-state index contributed by atoms with van der Waals surface area (Å²) in [6.07, 6.45) is 1.70. The minimum Gasteiger partial charge on any atom is -0.497 e. The lowest BCUT2D eigenvalue weighted by molar-refractivity contribution is -0.123. The molecule has 0 aliphatic carbocycles. The van der Waals surface area contributed by atoms with Crippen molar-refractivity contribution in [1.29, 1.82) is 0 Å². The highest BCUT2D eigenvalue weighted by Gasteiger charge is 2.33. The predicted molar refractivity (Wildman–Crippen MR) is 133 cm³/mol. The highest BCUT2D eigenvalue weighted by molar-refractivity contribution is 8.26. The molecular weight excluding hydrogens is 475 g/mol. The van der Waals surface area contributed by atoms with Crippen molar-refractivity contribution >= 4 is 46.2 Å². The van der Waals surface area contributed by atoms with Crippen LogP contribution in [0.4, 0.5) is 4.39 Å². The summed E-state index contributed by atoms with van der Waals surface area (Å²) < 4.78 is 24.0. The van der Waals surface area contributed by atoms with Gasteiger partial charge in [-0.05, 0) is 78.0 Å². The summed E-state index contributed by atoms with van der Waals surface area (Å²) in [5.41, 5.74) is 4.55. The Balaban J connectivity index is 1.38. The van der Waals surface area contributed by atoms with E-state index in [1.165, 1.54) is 19.2 Å². The number of thiocarbonyl (C=S) groups is 1. The molecule has 6 nitrogen and oxygen atoms in total. The highest BCUT2D eigenvalue weighted by Crippen LogP contribution is 2.32. The first-order chi connectivity index (χ1) is 16.4. The van der Waals surface area contributed by atoms with Gasteiger partial charge in [0.05, 0.1) is 12.0 Å². The number of nitrogens with zero attached hydrogens (tertiary/aromatic N) is 1. The number of nitrogens with one attached hydrogen (secondary N) is 1. The number of ether oxygens (including phenoxy) is 2. The van der Waals surface area contributed by atoms with Gasteiger partial charge in [0.25, 0.3) is 11.8 Å². The third kappa shape index (κ3) is 5.62. The van der Waals surface area contributed by atoms with Crippen LogP contribution in [0.2, 0.25) is 0 Å². The van der Waals surface area contributed by atoms with Gasteiger partial charge in [0.1, 0.15) is 23.9 Å². The van der Waals surface area contributed by atoms with E-state index < -0.39 is 11.8 Å². The fourth-order valence-corrected chi connectivity index (χ4v) is 4.21. The maximum atomic E-state index is 13.0. The molecule has 1 fully saturated rings. The molecule has 0 spiro atoms. The molecule has 3 aromatic rings. The van der Waals surface area contributed by atoms with E-state index in [-0.39, 0.29) is 10.1 Å². The standard InChI is InChI=1S/C25H19FN2O4S2/c1-31-20-12-6-18(7-13-20)23(29)27-28-24(30)22(34-25(28)33)14-16-4-10-21(11-5-16)32-15-17-2-8-19(26)9-3-17/h2-14H,15H2,1H3,(H,27,29)/b22-14-. The van der Waals surface area contributed by atoms with E-state index >= 15 is 0 Å². The second-order valence-corrected chi connectivity index (χ2v) is 8.85. The monoisotopic (exact) mass is 494 g/mol. The molecule has 1 N–H and O–H groups in total. The molecule has 0 saturated carbocycles. The first kappa shape index (κ1) is 23.5. The number of benzene rings is 3. The van der Waals surface area contributed by atoms with Crippen molar-refractivity contribution < 1.29 is 23.5 Å². The van der Waals surface area contributed by atoms with Gasteiger partial charge in [0.15, 0.2) is 4.32 Å². The number of carbonyl (C=O) groups excluding carboxylic acids is 2. The molecule has 3 aromatic carbocycles. The fourth-order valence-electron chi connectivity index (χ4n) is 3.03. The molecule has 0 radical (unpaired) electrons. The first-order valence-electron chi connectivity index (χ1n) is 10.1. The molecule has 0 aromatic heterocycles. The Morgan fingerprint density at radius 3 is 2.32 bits per heavy atom. The summed E-state index contributed by atoms with van der Waals surface area (Å²) >= 11 is 6.38. The lowest BCUT2D eigenvalue weighted by Crippen LogP contribution is -2.44. The Labute approximate surface area is 205 Å². The number of methoxy groups -OCH3 is 1. The molecule has 0 unspecified atom stereocenters. The van der Waals surface area contributed by atoms with Gasteiger partial charge in [-0.2, -0.15) is 5.01 Å². The third-order valence-corrected chi connectivity index (χ3v) is 6.16. The third-order valence-electron chi connectivity index (χ3n) is 4.86. The number of amides is 2. The SMILES string of the molecule is COc1ccc(C(=O)NN2C(=O)/C(=C/c3ccc(OCc4ccc(F)cc4)cc3)SC2=S)cc1. The Morgan fingerprint density at radius 2 is 1.68 bits per heavy atom. The largest absolute Gasteiger partial charge is 0.497 e. The minimum atomic E-state index is -0.456. The summed E-state index contributed by atoms with van der Waals surface area (Å²) in [6, 6.07) is 19.8. The zero-order chi connectivity index (χ0) is 24.1. The number of carbonyl (C=O) groups is 2. The maximum absolute atomic E-state index is 13.0. The number of hydrazine groups is 1. The van der Waals surface area contributed by atoms with Gasteiger partial charge in [-0.15, -0.1) is 0 Å². The number of halogens is 1. The molecule has 172 valence electrons. The Morgan fingerprint density at radius 1 is 1.03 bits per heavy atom. The first-order valence-corrected chi connectivity index (χ1v) is 11.4. The molecule has 1 saturated heterocycles. The van der Waals surface area contributed by atoms with Crippen molar-refractivity contribution in [3.8, 4) is 11.5 Å². The minimum absolute atomic E-state index is 0.234. The van der Waals surface area contributed by atoms with E-state index in [2.05, 4.69) is 5.43 Å².